The van der Waals surface area contributed by atoms with Crippen LogP contribution in [0.25, 0.3) is 11.3 Å². The van der Waals surface area contributed by atoms with Crippen LogP contribution in [0.3, 0.4) is 0 Å². The highest BCUT2D eigenvalue weighted by Gasteiger charge is 2.11. The second-order valence-electron chi connectivity index (χ2n) is 4.02. The topological polar surface area (TPSA) is 68.0 Å². The highest BCUT2D eigenvalue weighted by atomic mass is 16.4. The van der Waals surface area contributed by atoms with E-state index in [4.69, 9.17) is 5.11 Å². The van der Waals surface area contributed by atoms with Crippen molar-refractivity contribution in [1.82, 2.24) is 14.8 Å². The second kappa shape index (κ2) is 4.37. The van der Waals surface area contributed by atoms with Crippen LogP contribution in [0.4, 0.5) is 0 Å². The summed E-state index contributed by atoms with van der Waals surface area (Å²) in [4.78, 5) is 14.8. The number of carbonyl (C=O) groups is 1. The SMILES string of the molecule is CC(C)n1nccc1-c1cncc(C(=O)O)c1. The predicted molar refractivity (Wildman–Crippen MR) is 62.8 cm³/mol. The number of nitrogens with zero attached hydrogens (tertiary/aromatic N) is 3. The maximum absolute atomic E-state index is 10.9. The van der Waals surface area contributed by atoms with Gasteiger partial charge >= 0.3 is 5.97 Å². The van der Waals surface area contributed by atoms with Gasteiger partial charge in [-0.25, -0.2) is 4.79 Å². The first-order chi connectivity index (χ1) is 8.09. The van der Waals surface area contributed by atoms with Crippen molar-refractivity contribution in [2.45, 2.75) is 19.9 Å². The Morgan fingerprint density at radius 3 is 2.82 bits per heavy atom. The van der Waals surface area contributed by atoms with Gasteiger partial charge in [-0.15, -0.1) is 0 Å². The van der Waals surface area contributed by atoms with E-state index in [0.29, 0.717) is 0 Å². The lowest BCUT2D eigenvalue weighted by Gasteiger charge is -2.10. The molecule has 1 N–H and O–H groups in total. The van der Waals surface area contributed by atoms with E-state index in [2.05, 4.69) is 10.1 Å². The maximum Gasteiger partial charge on any atom is 0.337 e. The van der Waals surface area contributed by atoms with Crippen molar-refractivity contribution in [2.75, 3.05) is 0 Å². The van der Waals surface area contributed by atoms with Crippen molar-refractivity contribution in [3.8, 4) is 11.3 Å². The van der Waals surface area contributed by atoms with E-state index >= 15 is 0 Å². The summed E-state index contributed by atoms with van der Waals surface area (Å²) >= 11 is 0. The van der Waals surface area contributed by atoms with Crippen LogP contribution in [-0.4, -0.2) is 25.8 Å². The fourth-order valence-corrected chi connectivity index (χ4v) is 1.65. The number of carboxylic acids is 1. The van der Waals surface area contributed by atoms with Gasteiger partial charge in [-0.1, -0.05) is 0 Å². The first-order valence-electron chi connectivity index (χ1n) is 5.32. The quantitative estimate of drug-likeness (QED) is 0.879. The van der Waals surface area contributed by atoms with E-state index in [9.17, 15) is 4.79 Å². The van der Waals surface area contributed by atoms with E-state index in [1.54, 1.807) is 18.5 Å². The van der Waals surface area contributed by atoms with Gasteiger partial charge in [0.05, 0.1) is 11.3 Å². The Bertz CT molecular complexity index is 546. The highest BCUT2D eigenvalue weighted by molar-refractivity contribution is 5.88. The molecule has 88 valence electrons. The van der Waals surface area contributed by atoms with Gasteiger partial charge in [0.25, 0.3) is 0 Å². The lowest BCUT2D eigenvalue weighted by Crippen LogP contribution is -2.05. The molecule has 0 bridgehead atoms. The number of aromatic carboxylic acids is 1. The van der Waals surface area contributed by atoms with E-state index in [1.807, 2.05) is 24.6 Å². The predicted octanol–water partition coefficient (Wildman–Crippen LogP) is 2.22. The minimum absolute atomic E-state index is 0.180. The molecule has 0 spiro atoms. The van der Waals surface area contributed by atoms with Gasteiger partial charge < -0.3 is 5.11 Å². The zero-order valence-corrected chi connectivity index (χ0v) is 9.66. The van der Waals surface area contributed by atoms with Crippen LogP contribution in [0.1, 0.15) is 30.2 Å². The molecular weight excluding hydrogens is 218 g/mol. The summed E-state index contributed by atoms with van der Waals surface area (Å²) in [5, 5.41) is 13.1. The molecule has 0 saturated heterocycles. The average Bonchev–Trinajstić information content (AvgIpc) is 2.78. The third-order valence-electron chi connectivity index (χ3n) is 2.44. The molecule has 0 fully saturated rings. The normalized spacial score (nSPS) is 10.8. The molecule has 0 aliphatic rings. The molecule has 0 aliphatic carbocycles. The van der Waals surface area contributed by atoms with Crippen LogP contribution in [0.2, 0.25) is 0 Å². The fraction of sp³-hybridized carbons (Fsp3) is 0.250. The van der Waals surface area contributed by atoms with Gasteiger partial charge in [-0.2, -0.15) is 5.10 Å². The Labute approximate surface area is 98.7 Å². The van der Waals surface area contributed by atoms with Crippen LogP contribution >= 0.6 is 0 Å². The second-order valence-corrected chi connectivity index (χ2v) is 4.02. The molecule has 2 heterocycles. The van der Waals surface area contributed by atoms with Crippen molar-refractivity contribution in [3.63, 3.8) is 0 Å². The number of carboxylic acid groups (broad SMARTS) is 1. The number of aromatic nitrogens is 3. The van der Waals surface area contributed by atoms with Crippen molar-refractivity contribution < 1.29 is 9.90 Å². The monoisotopic (exact) mass is 231 g/mol. The summed E-state index contributed by atoms with van der Waals surface area (Å²) < 4.78 is 1.84. The minimum atomic E-state index is -0.977. The molecule has 0 aromatic carbocycles. The van der Waals surface area contributed by atoms with E-state index < -0.39 is 5.97 Å². The van der Waals surface area contributed by atoms with Crippen molar-refractivity contribution in [2.24, 2.45) is 0 Å². The summed E-state index contributed by atoms with van der Waals surface area (Å²) in [5.74, 6) is -0.977. The summed E-state index contributed by atoms with van der Waals surface area (Å²) in [6.07, 6.45) is 4.67. The number of hydrogen-bond acceptors (Lipinski definition) is 3. The Balaban J connectivity index is 2.49. The van der Waals surface area contributed by atoms with Crippen LogP contribution in [-0.2, 0) is 0 Å². The summed E-state index contributed by atoms with van der Waals surface area (Å²) in [7, 11) is 0. The van der Waals surface area contributed by atoms with Gasteiger partial charge in [0, 0.05) is 30.2 Å². The van der Waals surface area contributed by atoms with E-state index in [1.165, 1.54) is 6.20 Å². The Hall–Kier alpha value is -2.17. The van der Waals surface area contributed by atoms with Crippen LogP contribution < -0.4 is 0 Å². The van der Waals surface area contributed by atoms with E-state index in [-0.39, 0.29) is 11.6 Å². The molecule has 0 amide bonds. The molecule has 5 nitrogen and oxygen atoms in total. The fourth-order valence-electron chi connectivity index (χ4n) is 1.65. The van der Waals surface area contributed by atoms with Crippen LogP contribution in [0.15, 0.2) is 30.7 Å². The third kappa shape index (κ3) is 2.18. The molecule has 0 radical (unpaired) electrons. The maximum atomic E-state index is 10.9. The lowest BCUT2D eigenvalue weighted by molar-refractivity contribution is 0.0696. The number of hydrogen-bond donors (Lipinski definition) is 1. The molecule has 2 rings (SSSR count). The van der Waals surface area contributed by atoms with Gasteiger partial charge in [0.15, 0.2) is 0 Å². The smallest absolute Gasteiger partial charge is 0.337 e. The molecule has 2 aromatic rings. The Morgan fingerprint density at radius 1 is 1.41 bits per heavy atom. The Kier molecular flexibility index (Phi) is 2.91. The Morgan fingerprint density at radius 2 is 2.18 bits per heavy atom. The largest absolute Gasteiger partial charge is 0.478 e. The van der Waals surface area contributed by atoms with Crippen molar-refractivity contribution in [1.29, 1.82) is 0 Å². The molecule has 17 heavy (non-hydrogen) atoms. The van der Waals surface area contributed by atoms with Gasteiger partial charge in [-0.3, -0.25) is 9.67 Å². The van der Waals surface area contributed by atoms with Gasteiger partial charge in [-0.05, 0) is 26.0 Å². The standard InChI is InChI=1S/C12H13N3O2/c1-8(2)15-11(3-4-14-15)9-5-10(12(16)17)7-13-6-9/h3-8H,1-2H3,(H,16,17). The van der Waals surface area contributed by atoms with E-state index in [0.717, 1.165) is 11.3 Å². The molecule has 2 aromatic heterocycles. The third-order valence-corrected chi connectivity index (χ3v) is 2.44. The molecule has 0 aliphatic heterocycles. The summed E-state index contributed by atoms with van der Waals surface area (Å²) in [6, 6.07) is 3.67. The molecule has 5 heteroatoms. The zero-order valence-electron chi connectivity index (χ0n) is 9.66. The summed E-state index contributed by atoms with van der Waals surface area (Å²) in [5.41, 5.74) is 1.81. The van der Waals surface area contributed by atoms with Crippen molar-refractivity contribution >= 4 is 5.97 Å². The summed E-state index contributed by atoms with van der Waals surface area (Å²) in [6.45, 7) is 4.04. The highest BCUT2D eigenvalue weighted by Crippen LogP contribution is 2.21. The van der Waals surface area contributed by atoms with Crippen molar-refractivity contribution in [3.05, 3.63) is 36.3 Å². The average molecular weight is 231 g/mol. The molecule has 0 atom stereocenters. The van der Waals surface area contributed by atoms with Gasteiger partial charge in [0.2, 0.25) is 0 Å². The number of rotatable bonds is 3. The zero-order chi connectivity index (χ0) is 12.4. The van der Waals surface area contributed by atoms with Gasteiger partial charge in [0.1, 0.15) is 0 Å². The van der Waals surface area contributed by atoms with Crippen LogP contribution in [0, 0.1) is 0 Å². The molecule has 0 unspecified atom stereocenters. The minimum Gasteiger partial charge on any atom is -0.478 e. The first kappa shape index (κ1) is 11.3. The number of pyridine rings is 1. The molecular formula is C12H13N3O2. The first-order valence-corrected chi connectivity index (χ1v) is 5.32. The van der Waals surface area contributed by atoms with Crippen LogP contribution in [0.5, 0.6) is 0 Å². The molecule has 0 saturated carbocycles. The lowest BCUT2D eigenvalue weighted by atomic mass is 10.1.